The van der Waals surface area contributed by atoms with Crippen LogP contribution in [-0.2, 0) is 4.79 Å². The molecule has 1 aromatic rings. The van der Waals surface area contributed by atoms with Gasteiger partial charge in [-0.15, -0.1) is 0 Å². The standard InChI is InChI=1S/C19H29FN2O2/c1-22(17-9-3-2-4-10-17)12-6-11-21-19(24)14-18(23)15-7-5-8-16(20)13-15/h5,7-8,13,17-18,23H,2-4,6,9-12,14H2,1H3,(H,21,24). The number of hydrogen-bond donors (Lipinski definition) is 2. The number of amides is 1. The van der Waals surface area contributed by atoms with Gasteiger partial charge in [0, 0.05) is 12.6 Å². The van der Waals surface area contributed by atoms with E-state index in [0.29, 0.717) is 18.2 Å². The van der Waals surface area contributed by atoms with Gasteiger partial charge >= 0.3 is 0 Å². The van der Waals surface area contributed by atoms with E-state index in [9.17, 15) is 14.3 Å². The monoisotopic (exact) mass is 336 g/mol. The normalized spacial score (nSPS) is 17.0. The second-order valence-electron chi connectivity index (χ2n) is 6.75. The fraction of sp³-hybridized carbons (Fsp3) is 0.632. The molecule has 134 valence electrons. The van der Waals surface area contributed by atoms with E-state index in [1.54, 1.807) is 6.07 Å². The molecule has 1 aromatic carbocycles. The molecule has 0 aliphatic heterocycles. The van der Waals surface area contributed by atoms with Crippen LogP contribution < -0.4 is 5.32 Å². The summed E-state index contributed by atoms with van der Waals surface area (Å²) in [5.41, 5.74) is 0.433. The fourth-order valence-electron chi connectivity index (χ4n) is 3.34. The number of carbonyl (C=O) groups is 1. The average molecular weight is 336 g/mol. The van der Waals surface area contributed by atoms with Gasteiger partial charge in [0.1, 0.15) is 5.82 Å². The Morgan fingerprint density at radius 1 is 1.38 bits per heavy atom. The molecule has 0 spiro atoms. The van der Waals surface area contributed by atoms with Gasteiger partial charge in [0.05, 0.1) is 12.5 Å². The van der Waals surface area contributed by atoms with Gasteiger partial charge < -0.3 is 15.3 Å². The lowest BCUT2D eigenvalue weighted by atomic mass is 9.94. The first-order valence-electron chi connectivity index (χ1n) is 8.96. The minimum absolute atomic E-state index is 0.0398. The molecule has 1 unspecified atom stereocenters. The summed E-state index contributed by atoms with van der Waals surface area (Å²) in [4.78, 5) is 14.3. The molecule has 1 aliphatic rings. The lowest BCUT2D eigenvalue weighted by molar-refractivity contribution is -0.123. The summed E-state index contributed by atoms with van der Waals surface area (Å²) < 4.78 is 13.1. The Kier molecular flexibility index (Phi) is 7.66. The number of benzene rings is 1. The molecule has 0 heterocycles. The van der Waals surface area contributed by atoms with Crippen LogP contribution in [0.1, 0.15) is 56.6 Å². The Hall–Kier alpha value is -1.46. The molecular formula is C19H29FN2O2. The van der Waals surface area contributed by atoms with Gasteiger partial charge in [0.25, 0.3) is 0 Å². The van der Waals surface area contributed by atoms with Gasteiger partial charge in [0.15, 0.2) is 0 Å². The van der Waals surface area contributed by atoms with E-state index < -0.39 is 11.9 Å². The average Bonchev–Trinajstić information content (AvgIpc) is 2.59. The molecule has 1 fully saturated rings. The molecule has 2 rings (SSSR count). The molecule has 0 radical (unpaired) electrons. The van der Waals surface area contributed by atoms with Crippen molar-refractivity contribution >= 4 is 5.91 Å². The number of aliphatic hydroxyl groups is 1. The van der Waals surface area contributed by atoms with Crippen molar-refractivity contribution in [2.75, 3.05) is 20.1 Å². The van der Waals surface area contributed by atoms with Crippen LogP contribution in [0.4, 0.5) is 4.39 Å². The van der Waals surface area contributed by atoms with Gasteiger partial charge in [-0.2, -0.15) is 0 Å². The lowest BCUT2D eigenvalue weighted by Crippen LogP contribution is -2.36. The van der Waals surface area contributed by atoms with Crippen LogP contribution in [-0.4, -0.2) is 42.1 Å². The van der Waals surface area contributed by atoms with E-state index in [2.05, 4.69) is 17.3 Å². The molecule has 1 saturated carbocycles. The molecule has 1 aliphatic carbocycles. The number of hydrogen-bond acceptors (Lipinski definition) is 3. The largest absolute Gasteiger partial charge is 0.388 e. The molecule has 1 atom stereocenters. The quantitative estimate of drug-likeness (QED) is 0.718. The Morgan fingerprint density at radius 3 is 2.83 bits per heavy atom. The fourth-order valence-corrected chi connectivity index (χ4v) is 3.34. The van der Waals surface area contributed by atoms with Crippen LogP contribution in [0.3, 0.4) is 0 Å². The third kappa shape index (κ3) is 6.21. The van der Waals surface area contributed by atoms with E-state index in [-0.39, 0.29) is 12.3 Å². The third-order valence-corrected chi connectivity index (χ3v) is 4.82. The number of carbonyl (C=O) groups excluding carboxylic acids is 1. The zero-order valence-electron chi connectivity index (χ0n) is 14.5. The van der Waals surface area contributed by atoms with Crippen molar-refractivity contribution < 1.29 is 14.3 Å². The maximum Gasteiger partial charge on any atom is 0.222 e. The van der Waals surface area contributed by atoms with Crippen molar-refractivity contribution in [1.29, 1.82) is 0 Å². The maximum absolute atomic E-state index is 13.1. The molecule has 24 heavy (non-hydrogen) atoms. The zero-order chi connectivity index (χ0) is 17.4. The van der Waals surface area contributed by atoms with Crippen molar-refractivity contribution in [3.63, 3.8) is 0 Å². The summed E-state index contributed by atoms with van der Waals surface area (Å²) in [6.07, 6.45) is 6.45. The molecule has 2 N–H and O–H groups in total. The summed E-state index contributed by atoms with van der Waals surface area (Å²) >= 11 is 0. The van der Waals surface area contributed by atoms with Gasteiger partial charge in [0.2, 0.25) is 5.91 Å². The van der Waals surface area contributed by atoms with Gasteiger partial charge in [-0.25, -0.2) is 4.39 Å². The Bertz CT molecular complexity index is 518. The first-order valence-corrected chi connectivity index (χ1v) is 8.96. The van der Waals surface area contributed by atoms with Crippen LogP contribution in [0.5, 0.6) is 0 Å². The zero-order valence-corrected chi connectivity index (χ0v) is 14.5. The van der Waals surface area contributed by atoms with E-state index in [1.165, 1.54) is 50.3 Å². The smallest absolute Gasteiger partial charge is 0.222 e. The SMILES string of the molecule is CN(CCCNC(=O)CC(O)c1cccc(F)c1)C1CCCCC1. The number of nitrogens with zero attached hydrogens (tertiary/aromatic N) is 1. The molecule has 0 aromatic heterocycles. The highest BCUT2D eigenvalue weighted by Gasteiger charge is 2.17. The molecule has 4 nitrogen and oxygen atoms in total. The summed E-state index contributed by atoms with van der Waals surface area (Å²) in [5, 5.41) is 12.8. The number of halogens is 1. The Labute approximate surface area is 144 Å². The second-order valence-corrected chi connectivity index (χ2v) is 6.75. The number of rotatable bonds is 8. The van der Waals surface area contributed by atoms with Crippen molar-refractivity contribution in [2.24, 2.45) is 0 Å². The summed E-state index contributed by atoms with van der Waals surface area (Å²) in [7, 11) is 2.16. The summed E-state index contributed by atoms with van der Waals surface area (Å²) in [5.74, 6) is -0.607. The van der Waals surface area contributed by atoms with E-state index in [1.807, 2.05) is 0 Å². The predicted octanol–water partition coefficient (Wildman–Crippen LogP) is 3.02. The third-order valence-electron chi connectivity index (χ3n) is 4.82. The van der Waals surface area contributed by atoms with E-state index in [4.69, 9.17) is 0 Å². The van der Waals surface area contributed by atoms with Gasteiger partial charge in [-0.05, 0) is 50.6 Å². The van der Waals surface area contributed by atoms with E-state index >= 15 is 0 Å². The van der Waals surface area contributed by atoms with Crippen molar-refractivity contribution in [3.8, 4) is 0 Å². The number of aliphatic hydroxyl groups excluding tert-OH is 1. The Balaban J connectivity index is 1.62. The molecule has 5 heteroatoms. The highest BCUT2D eigenvalue weighted by atomic mass is 19.1. The van der Waals surface area contributed by atoms with Crippen molar-refractivity contribution in [1.82, 2.24) is 10.2 Å². The van der Waals surface area contributed by atoms with Gasteiger partial charge in [-0.1, -0.05) is 31.4 Å². The van der Waals surface area contributed by atoms with Crippen LogP contribution >= 0.6 is 0 Å². The number of nitrogens with one attached hydrogen (secondary N) is 1. The first kappa shape index (κ1) is 18.9. The lowest BCUT2D eigenvalue weighted by Gasteiger charge is -2.31. The molecule has 1 amide bonds. The van der Waals surface area contributed by atoms with Crippen molar-refractivity contribution in [3.05, 3.63) is 35.6 Å². The maximum atomic E-state index is 13.1. The molecule has 0 bridgehead atoms. The van der Waals surface area contributed by atoms with Crippen LogP contribution in [0.15, 0.2) is 24.3 Å². The molecule has 0 saturated heterocycles. The van der Waals surface area contributed by atoms with Crippen molar-refractivity contribution in [2.45, 2.75) is 57.1 Å². The van der Waals surface area contributed by atoms with Crippen LogP contribution in [0, 0.1) is 5.82 Å². The Morgan fingerprint density at radius 2 is 2.12 bits per heavy atom. The summed E-state index contributed by atoms with van der Waals surface area (Å²) in [6, 6.07) is 6.42. The minimum Gasteiger partial charge on any atom is -0.388 e. The highest BCUT2D eigenvalue weighted by molar-refractivity contribution is 5.76. The topological polar surface area (TPSA) is 52.6 Å². The van der Waals surface area contributed by atoms with Crippen LogP contribution in [0.2, 0.25) is 0 Å². The van der Waals surface area contributed by atoms with Gasteiger partial charge in [-0.3, -0.25) is 4.79 Å². The molecular weight excluding hydrogens is 307 g/mol. The predicted molar refractivity (Wildman–Crippen MR) is 93.1 cm³/mol. The summed E-state index contributed by atoms with van der Waals surface area (Å²) in [6.45, 7) is 1.57. The highest BCUT2D eigenvalue weighted by Crippen LogP contribution is 2.21. The minimum atomic E-state index is -0.967. The second kappa shape index (κ2) is 9.74. The van der Waals surface area contributed by atoms with Crippen LogP contribution in [0.25, 0.3) is 0 Å². The first-order chi connectivity index (χ1) is 11.6. The van der Waals surface area contributed by atoms with E-state index in [0.717, 1.165) is 13.0 Å².